The summed E-state index contributed by atoms with van der Waals surface area (Å²) in [7, 11) is 1.86. The number of aromatic nitrogens is 2. The number of nitrogens with zero attached hydrogens (tertiary/aromatic N) is 2. The number of aromatic hydroxyl groups is 1. The monoisotopic (exact) mass is 235 g/mol. The molecule has 0 aliphatic carbocycles. The molecule has 0 aliphatic heterocycles. The summed E-state index contributed by atoms with van der Waals surface area (Å²) in [6, 6.07) is 5.82. The summed E-state index contributed by atoms with van der Waals surface area (Å²) in [5, 5.41) is 16.7. The molecule has 4 nitrogen and oxygen atoms in total. The van der Waals surface area contributed by atoms with Crippen LogP contribution < -0.4 is 5.32 Å². The van der Waals surface area contributed by atoms with Crippen LogP contribution in [0.3, 0.4) is 0 Å². The number of benzene rings is 1. The normalized spacial score (nSPS) is 10.7. The Hall–Kier alpha value is -1.88. The first-order valence-electron chi connectivity index (χ1n) is 5.32. The van der Waals surface area contributed by atoms with Crippen LogP contribution in [0.25, 0.3) is 0 Å². The molecule has 0 spiro atoms. The van der Waals surface area contributed by atoms with Crippen LogP contribution in [0.5, 0.6) is 5.75 Å². The van der Waals surface area contributed by atoms with Gasteiger partial charge in [0.25, 0.3) is 0 Å². The molecular weight excluding hydrogens is 221 g/mol. The fraction of sp³-hybridized carbons (Fsp3) is 0.250. The van der Waals surface area contributed by atoms with Crippen LogP contribution in [-0.4, -0.2) is 14.9 Å². The molecule has 0 aliphatic rings. The van der Waals surface area contributed by atoms with Crippen LogP contribution in [0.15, 0.2) is 30.5 Å². The van der Waals surface area contributed by atoms with Gasteiger partial charge in [-0.1, -0.05) is 0 Å². The average molecular weight is 235 g/mol. The third-order valence-corrected chi connectivity index (χ3v) is 2.59. The summed E-state index contributed by atoms with van der Waals surface area (Å²) in [5.41, 5.74) is 1.58. The third kappa shape index (κ3) is 2.82. The topological polar surface area (TPSA) is 50.1 Å². The van der Waals surface area contributed by atoms with E-state index in [0.717, 1.165) is 5.69 Å². The Morgan fingerprint density at radius 1 is 1.35 bits per heavy atom. The van der Waals surface area contributed by atoms with Crippen molar-refractivity contribution in [2.24, 2.45) is 7.05 Å². The third-order valence-electron chi connectivity index (χ3n) is 2.59. The molecule has 0 bridgehead atoms. The van der Waals surface area contributed by atoms with E-state index in [1.165, 1.54) is 18.2 Å². The number of aryl methyl sites for hydroxylation is 1. The summed E-state index contributed by atoms with van der Waals surface area (Å²) < 4.78 is 14.7. The van der Waals surface area contributed by atoms with Crippen molar-refractivity contribution in [3.8, 4) is 5.75 Å². The molecule has 1 aromatic heterocycles. The zero-order valence-electron chi connectivity index (χ0n) is 9.52. The van der Waals surface area contributed by atoms with Crippen molar-refractivity contribution < 1.29 is 9.50 Å². The molecule has 5 heteroatoms. The lowest BCUT2D eigenvalue weighted by Gasteiger charge is -2.07. The molecular formula is C12H14FN3O. The molecule has 17 heavy (non-hydrogen) atoms. The van der Waals surface area contributed by atoms with Gasteiger partial charge in [-0.3, -0.25) is 4.68 Å². The van der Waals surface area contributed by atoms with E-state index in [-0.39, 0.29) is 11.6 Å². The van der Waals surface area contributed by atoms with Crippen LogP contribution in [0.4, 0.5) is 4.39 Å². The van der Waals surface area contributed by atoms with E-state index in [0.29, 0.717) is 18.7 Å². The second-order valence-electron chi connectivity index (χ2n) is 3.82. The first kappa shape index (κ1) is 11.6. The summed E-state index contributed by atoms with van der Waals surface area (Å²) in [6.07, 6.45) is 1.72. The number of nitrogens with one attached hydrogen (secondary N) is 1. The predicted octanol–water partition coefficient (Wildman–Crippen LogP) is 1.55. The van der Waals surface area contributed by atoms with Crippen molar-refractivity contribution >= 4 is 0 Å². The molecule has 90 valence electrons. The SMILES string of the molecule is Cn1nccc1CNCc1cc(F)ccc1O. The minimum Gasteiger partial charge on any atom is -0.508 e. The van der Waals surface area contributed by atoms with Gasteiger partial charge in [0, 0.05) is 31.9 Å². The van der Waals surface area contributed by atoms with Crippen molar-refractivity contribution in [3.05, 3.63) is 47.5 Å². The number of phenols is 1. The van der Waals surface area contributed by atoms with E-state index in [9.17, 15) is 9.50 Å². The van der Waals surface area contributed by atoms with Crippen LogP contribution in [0.1, 0.15) is 11.3 Å². The Balaban J connectivity index is 1.94. The lowest BCUT2D eigenvalue weighted by Crippen LogP contribution is -2.15. The molecule has 0 saturated heterocycles. The zero-order chi connectivity index (χ0) is 12.3. The van der Waals surface area contributed by atoms with Crippen LogP contribution in [-0.2, 0) is 20.1 Å². The van der Waals surface area contributed by atoms with Gasteiger partial charge in [0.05, 0.1) is 5.69 Å². The van der Waals surface area contributed by atoms with Gasteiger partial charge in [0.2, 0.25) is 0 Å². The smallest absolute Gasteiger partial charge is 0.123 e. The zero-order valence-corrected chi connectivity index (χ0v) is 9.52. The van der Waals surface area contributed by atoms with Gasteiger partial charge in [-0.25, -0.2) is 4.39 Å². The van der Waals surface area contributed by atoms with Crippen molar-refractivity contribution in [1.82, 2.24) is 15.1 Å². The first-order valence-corrected chi connectivity index (χ1v) is 5.32. The van der Waals surface area contributed by atoms with Crippen molar-refractivity contribution in [3.63, 3.8) is 0 Å². The lowest BCUT2D eigenvalue weighted by molar-refractivity contribution is 0.461. The molecule has 2 N–H and O–H groups in total. The molecule has 2 rings (SSSR count). The number of phenolic OH excluding ortho intramolecular Hbond substituents is 1. The molecule has 0 unspecified atom stereocenters. The molecule has 1 heterocycles. The van der Waals surface area contributed by atoms with Gasteiger partial charge in [0.1, 0.15) is 11.6 Å². The van der Waals surface area contributed by atoms with Crippen molar-refractivity contribution in [1.29, 1.82) is 0 Å². The first-order chi connectivity index (χ1) is 8.16. The van der Waals surface area contributed by atoms with Gasteiger partial charge in [-0.15, -0.1) is 0 Å². The highest BCUT2D eigenvalue weighted by Gasteiger charge is 2.03. The summed E-state index contributed by atoms with van der Waals surface area (Å²) in [6.45, 7) is 1.03. The Bertz CT molecular complexity index is 510. The highest BCUT2D eigenvalue weighted by atomic mass is 19.1. The standard InChI is InChI=1S/C12H14FN3O/c1-16-11(4-5-15-16)8-14-7-9-6-10(13)2-3-12(9)17/h2-6,14,17H,7-8H2,1H3. The fourth-order valence-electron chi connectivity index (χ4n) is 1.60. The number of hydrogen-bond acceptors (Lipinski definition) is 3. The number of rotatable bonds is 4. The van der Waals surface area contributed by atoms with E-state index in [1.54, 1.807) is 10.9 Å². The number of hydrogen-bond donors (Lipinski definition) is 2. The van der Waals surface area contributed by atoms with Crippen LogP contribution in [0, 0.1) is 5.82 Å². The largest absolute Gasteiger partial charge is 0.508 e. The van der Waals surface area contributed by atoms with Gasteiger partial charge in [0.15, 0.2) is 0 Å². The summed E-state index contributed by atoms with van der Waals surface area (Å²) in [4.78, 5) is 0. The maximum atomic E-state index is 13.0. The predicted molar refractivity (Wildman–Crippen MR) is 61.8 cm³/mol. The quantitative estimate of drug-likeness (QED) is 0.845. The van der Waals surface area contributed by atoms with E-state index in [1.807, 2.05) is 13.1 Å². The van der Waals surface area contributed by atoms with E-state index < -0.39 is 0 Å². The Kier molecular flexibility index (Phi) is 3.39. The highest BCUT2D eigenvalue weighted by Crippen LogP contribution is 2.17. The molecule has 0 saturated carbocycles. The maximum Gasteiger partial charge on any atom is 0.123 e. The lowest BCUT2D eigenvalue weighted by atomic mass is 10.2. The minimum atomic E-state index is -0.347. The van der Waals surface area contributed by atoms with Crippen LogP contribution >= 0.6 is 0 Å². The Labute approximate surface area is 98.7 Å². The summed E-state index contributed by atoms with van der Waals surface area (Å²) >= 11 is 0. The molecule has 1 aromatic carbocycles. The van der Waals surface area contributed by atoms with Gasteiger partial charge in [-0.05, 0) is 24.3 Å². The second-order valence-corrected chi connectivity index (χ2v) is 3.82. The van der Waals surface area contributed by atoms with Crippen LogP contribution in [0.2, 0.25) is 0 Å². The Morgan fingerprint density at radius 3 is 2.88 bits per heavy atom. The summed E-state index contributed by atoms with van der Waals surface area (Å²) in [5.74, 6) is -0.246. The molecule has 0 atom stereocenters. The van der Waals surface area contributed by atoms with Crippen molar-refractivity contribution in [2.75, 3.05) is 0 Å². The molecule has 0 fully saturated rings. The fourth-order valence-corrected chi connectivity index (χ4v) is 1.60. The van der Waals surface area contributed by atoms with E-state index in [2.05, 4.69) is 10.4 Å². The molecule has 0 radical (unpaired) electrons. The van der Waals surface area contributed by atoms with Gasteiger partial charge >= 0.3 is 0 Å². The number of halogens is 1. The molecule has 0 amide bonds. The van der Waals surface area contributed by atoms with Gasteiger partial charge in [-0.2, -0.15) is 5.10 Å². The average Bonchev–Trinajstić information content (AvgIpc) is 2.70. The highest BCUT2D eigenvalue weighted by molar-refractivity contribution is 5.32. The van der Waals surface area contributed by atoms with Gasteiger partial charge < -0.3 is 10.4 Å². The Morgan fingerprint density at radius 2 is 2.18 bits per heavy atom. The minimum absolute atomic E-state index is 0.101. The van der Waals surface area contributed by atoms with E-state index >= 15 is 0 Å². The second kappa shape index (κ2) is 4.97. The van der Waals surface area contributed by atoms with Crippen molar-refractivity contribution in [2.45, 2.75) is 13.1 Å². The maximum absolute atomic E-state index is 13.0. The molecule has 2 aromatic rings. The van der Waals surface area contributed by atoms with E-state index in [4.69, 9.17) is 0 Å².